The van der Waals surface area contributed by atoms with Gasteiger partial charge < -0.3 is 5.32 Å². The Morgan fingerprint density at radius 1 is 1.30 bits per heavy atom. The van der Waals surface area contributed by atoms with Gasteiger partial charge in [0.2, 0.25) is 0 Å². The van der Waals surface area contributed by atoms with E-state index in [4.69, 9.17) is 12.2 Å². The van der Waals surface area contributed by atoms with Gasteiger partial charge in [-0.1, -0.05) is 43.7 Å². The fourth-order valence-electron chi connectivity index (χ4n) is 2.46. The fourth-order valence-corrected chi connectivity index (χ4v) is 2.61. The molecule has 4 heteroatoms. The van der Waals surface area contributed by atoms with Gasteiger partial charge in [-0.25, -0.2) is 0 Å². The molecule has 1 aromatic carbocycles. The Bertz CT molecular complexity index is 456. The minimum Gasteiger partial charge on any atom is -0.361 e. The van der Waals surface area contributed by atoms with Crippen LogP contribution in [0.1, 0.15) is 38.2 Å². The summed E-state index contributed by atoms with van der Waals surface area (Å²) in [6.45, 7) is 3.07. The molecule has 3 nitrogen and oxygen atoms in total. The van der Waals surface area contributed by atoms with Crippen LogP contribution in [-0.2, 0) is 6.42 Å². The highest BCUT2D eigenvalue weighted by atomic mass is 32.1. The van der Waals surface area contributed by atoms with Crippen molar-refractivity contribution in [3.05, 3.63) is 35.9 Å². The standard InChI is InChI=1S/C16H23N3S/c1-13-7-5-6-10-15(13)18-19-16(20)17-12-11-14-8-3-2-4-9-14/h2-4,8-9,13H,5-7,10-12H2,1H3,(H2,17,19,20)/b18-15-/t13-/m1/s1. The van der Waals surface area contributed by atoms with Crippen LogP contribution in [0.15, 0.2) is 35.4 Å². The second kappa shape index (κ2) is 8.00. The molecule has 0 unspecified atom stereocenters. The van der Waals surface area contributed by atoms with E-state index in [0.717, 1.165) is 19.4 Å². The number of rotatable bonds is 4. The number of nitrogens with zero attached hydrogens (tertiary/aromatic N) is 1. The molecule has 0 bridgehead atoms. The molecule has 0 heterocycles. The first kappa shape index (κ1) is 15.0. The van der Waals surface area contributed by atoms with Gasteiger partial charge in [0.1, 0.15) is 0 Å². The van der Waals surface area contributed by atoms with E-state index < -0.39 is 0 Å². The summed E-state index contributed by atoms with van der Waals surface area (Å²) in [6.07, 6.45) is 5.88. The lowest BCUT2D eigenvalue weighted by molar-refractivity contribution is 0.555. The van der Waals surface area contributed by atoms with Crippen LogP contribution in [-0.4, -0.2) is 17.4 Å². The zero-order valence-corrected chi connectivity index (χ0v) is 12.9. The van der Waals surface area contributed by atoms with Crippen molar-refractivity contribution in [1.82, 2.24) is 10.7 Å². The third-order valence-corrected chi connectivity index (χ3v) is 3.97. The molecule has 0 aromatic heterocycles. The quantitative estimate of drug-likeness (QED) is 0.660. The van der Waals surface area contributed by atoms with Crippen LogP contribution in [0, 0.1) is 5.92 Å². The molecule has 20 heavy (non-hydrogen) atoms. The highest BCUT2D eigenvalue weighted by Gasteiger charge is 2.15. The monoisotopic (exact) mass is 289 g/mol. The molecule has 1 aliphatic rings. The molecule has 108 valence electrons. The summed E-state index contributed by atoms with van der Waals surface area (Å²) >= 11 is 5.25. The number of hydrogen-bond donors (Lipinski definition) is 2. The molecule has 2 N–H and O–H groups in total. The molecule has 1 atom stereocenters. The van der Waals surface area contributed by atoms with Gasteiger partial charge in [-0.05, 0) is 49.4 Å². The second-order valence-electron chi connectivity index (χ2n) is 5.35. The Kier molecular flexibility index (Phi) is 5.99. The third kappa shape index (κ3) is 4.93. The van der Waals surface area contributed by atoms with Crippen LogP contribution in [0.4, 0.5) is 0 Å². The summed E-state index contributed by atoms with van der Waals surface area (Å²) in [5.41, 5.74) is 5.55. The molecule has 1 aromatic rings. The lowest BCUT2D eigenvalue weighted by Crippen LogP contribution is -2.34. The van der Waals surface area contributed by atoms with Crippen molar-refractivity contribution in [2.75, 3.05) is 6.54 Å². The molecule has 1 aliphatic carbocycles. The Morgan fingerprint density at radius 2 is 2.10 bits per heavy atom. The van der Waals surface area contributed by atoms with Crippen LogP contribution in [0.2, 0.25) is 0 Å². The SMILES string of the molecule is C[C@@H]1CCCC/C1=N/NC(=S)NCCc1ccccc1. The summed E-state index contributed by atoms with van der Waals surface area (Å²) in [6, 6.07) is 10.4. The van der Waals surface area contributed by atoms with E-state index in [9.17, 15) is 0 Å². The van der Waals surface area contributed by atoms with Gasteiger partial charge in [-0.3, -0.25) is 5.43 Å². The zero-order chi connectivity index (χ0) is 14.2. The highest BCUT2D eigenvalue weighted by molar-refractivity contribution is 7.80. The molecule has 0 radical (unpaired) electrons. The van der Waals surface area contributed by atoms with Crippen molar-refractivity contribution >= 4 is 23.0 Å². The van der Waals surface area contributed by atoms with Gasteiger partial charge in [0, 0.05) is 12.3 Å². The van der Waals surface area contributed by atoms with Crippen molar-refractivity contribution in [3.8, 4) is 0 Å². The minimum absolute atomic E-state index is 0.586. The predicted octanol–water partition coefficient (Wildman–Crippen LogP) is 3.26. The molecule has 0 saturated heterocycles. The molecule has 1 fully saturated rings. The molecular weight excluding hydrogens is 266 g/mol. The van der Waals surface area contributed by atoms with Crippen LogP contribution in [0.5, 0.6) is 0 Å². The topological polar surface area (TPSA) is 36.4 Å². The van der Waals surface area contributed by atoms with E-state index in [0.29, 0.717) is 11.0 Å². The van der Waals surface area contributed by atoms with Crippen molar-refractivity contribution in [2.45, 2.75) is 39.0 Å². The maximum absolute atomic E-state index is 5.25. The highest BCUT2D eigenvalue weighted by Crippen LogP contribution is 2.20. The Morgan fingerprint density at radius 3 is 2.85 bits per heavy atom. The van der Waals surface area contributed by atoms with Crippen molar-refractivity contribution in [1.29, 1.82) is 0 Å². The Hall–Kier alpha value is -1.42. The van der Waals surface area contributed by atoms with E-state index >= 15 is 0 Å². The lowest BCUT2D eigenvalue weighted by atomic mass is 9.89. The number of thiocarbonyl (C=S) groups is 1. The third-order valence-electron chi connectivity index (χ3n) is 3.73. The summed E-state index contributed by atoms with van der Waals surface area (Å²) in [5.74, 6) is 0.586. The van der Waals surface area contributed by atoms with Crippen LogP contribution in [0.3, 0.4) is 0 Å². The molecular formula is C16H23N3S. The normalized spacial score (nSPS) is 20.6. The number of hydrazone groups is 1. The molecule has 0 amide bonds. The van der Waals surface area contributed by atoms with E-state index in [1.165, 1.54) is 30.5 Å². The van der Waals surface area contributed by atoms with Gasteiger partial charge in [0.25, 0.3) is 0 Å². The van der Waals surface area contributed by atoms with E-state index in [2.05, 4.69) is 47.0 Å². The van der Waals surface area contributed by atoms with Crippen molar-refractivity contribution in [2.24, 2.45) is 11.0 Å². The summed E-state index contributed by atoms with van der Waals surface area (Å²) in [5, 5.41) is 8.27. The van der Waals surface area contributed by atoms with E-state index in [1.54, 1.807) is 0 Å². The molecule has 0 spiro atoms. The zero-order valence-electron chi connectivity index (χ0n) is 12.1. The van der Waals surface area contributed by atoms with Gasteiger partial charge in [-0.2, -0.15) is 5.10 Å². The Labute approximate surface area is 126 Å². The van der Waals surface area contributed by atoms with E-state index in [-0.39, 0.29) is 0 Å². The molecule has 1 saturated carbocycles. The number of hydrogen-bond acceptors (Lipinski definition) is 2. The first-order valence-electron chi connectivity index (χ1n) is 7.40. The fraction of sp³-hybridized carbons (Fsp3) is 0.500. The number of nitrogens with one attached hydrogen (secondary N) is 2. The van der Waals surface area contributed by atoms with Crippen LogP contribution < -0.4 is 10.7 Å². The average molecular weight is 289 g/mol. The minimum atomic E-state index is 0.586. The van der Waals surface area contributed by atoms with Gasteiger partial charge in [0.15, 0.2) is 5.11 Å². The maximum atomic E-state index is 5.25. The first-order chi connectivity index (χ1) is 9.75. The average Bonchev–Trinajstić information content (AvgIpc) is 2.47. The summed E-state index contributed by atoms with van der Waals surface area (Å²) < 4.78 is 0. The first-order valence-corrected chi connectivity index (χ1v) is 7.81. The molecule has 0 aliphatic heterocycles. The van der Waals surface area contributed by atoms with E-state index in [1.807, 2.05) is 6.07 Å². The summed E-state index contributed by atoms with van der Waals surface area (Å²) in [4.78, 5) is 0. The van der Waals surface area contributed by atoms with Gasteiger partial charge in [0.05, 0.1) is 0 Å². The van der Waals surface area contributed by atoms with Gasteiger partial charge in [-0.15, -0.1) is 0 Å². The second-order valence-corrected chi connectivity index (χ2v) is 5.76. The summed E-state index contributed by atoms with van der Waals surface area (Å²) in [7, 11) is 0. The molecule has 2 rings (SSSR count). The van der Waals surface area contributed by atoms with Crippen molar-refractivity contribution in [3.63, 3.8) is 0 Å². The maximum Gasteiger partial charge on any atom is 0.186 e. The predicted molar refractivity (Wildman–Crippen MR) is 88.9 cm³/mol. The van der Waals surface area contributed by atoms with Crippen molar-refractivity contribution < 1.29 is 0 Å². The van der Waals surface area contributed by atoms with Crippen LogP contribution in [0.25, 0.3) is 0 Å². The Balaban J connectivity index is 1.69. The smallest absolute Gasteiger partial charge is 0.186 e. The van der Waals surface area contributed by atoms with Gasteiger partial charge >= 0.3 is 0 Å². The largest absolute Gasteiger partial charge is 0.361 e. The van der Waals surface area contributed by atoms with Crippen LogP contribution >= 0.6 is 12.2 Å². The lowest BCUT2D eigenvalue weighted by Gasteiger charge is -2.20. The number of benzene rings is 1.